The van der Waals surface area contributed by atoms with Crippen molar-refractivity contribution >= 4 is 5.91 Å². The summed E-state index contributed by atoms with van der Waals surface area (Å²) in [4.78, 5) is 26.0. The molecule has 1 atom stereocenters. The summed E-state index contributed by atoms with van der Waals surface area (Å²) in [7, 11) is 0. The number of halogens is 4. The molecule has 3 aromatic rings. The van der Waals surface area contributed by atoms with Gasteiger partial charge in [-0.3, -0.25) is 9.78 Å². The minimum absolute atomic E-state index is 0.0498. The van der Waals surface area contributed by atoms with Gasteiger partial charge in [-0.2, -0.15) is 18.2 Å². The second-order valence-corrected chi connectivity index (χ2v) is 6.85. The number of hydrogen-bond acceptors (Lipinski definition) is 6. The highest BCUT2D eigenvalue weighted by Crippen LogP contribution is 2.30. The molecule has 0 bridgehead atoms. The van der Waals surface area contributed by atoms with Crippen LogP contribution in [0.5, 0.6) is 0 Å². The van der Waals surface area contributed by atoms with Crippen LogP contribution in [-0.4, -0.2) is 44.0 Å². The molecule has 1 saturated heterocycles. The summed E-state index contributed by atoms with van der Waals surface area (Å²) in [6.45, 7) is 0.897. The van der Waals surface area contributed by atoms with Gasteiger partial charge in [0.2, 0.25) is 5.82 Å². The summed E-state index contributed by atoms with van der Waals surface area (Å²) in [5, 5.41) is 3.33. The van der Waals surface area contributed by atoms with E-state index in [1.807, 2.05) is 0 Å². The molecule has 1 amide bonds. The molecular formula is C19H15F4N5O2. The van der Waals surface area contributed by atoms with E-state index in [1.165, 1.54) is 36.7 Å². The van der Waals surface area contributed by atoms with Crippen molar-refractivity contribution in [1.29, 1.82) is 0 Å². The van der Waals surface area contributed by atoms with Gasteiger partial charge in [0, 0.05) is 30.8 Å². The van der Waals surface area contributed by atoms with E-state index in [-0.39, 0.29) is 23.3 Å². The number of carbonyl (C=O) groups excluding carboxylic acids is 1. The Morgan fingerprint density at radius 2 is 1.90 bits per heavy atom. The van der Waals surface area contributed by atoms with Gasteiger partial charge in [0.05, 0.1) is 11.9 Å². The van der Waals surface area contributed by atoms with Crippen LogP contribution in [0.1, 0.15) is 40.7 Å². The van der Waals surface area contributed by atoms with Crippen molar-refractivity contribution in [3.05, 3.63) is 59.6 Å². The van der Waals surface area contributed by atoms with Crippen LogP contribution in [0.15, 0.2) is 41.2 Å². The van der Waals surface area contributed by atoms with Crippen LogP contribution in [0, 0.1) is 5.82 Å². The molecule has 0 spiro atoms. The number of piperidine rings is 1. The highest BCUT2D eigenvalue weighted by Gasteiger charge is 2.38. The molecule has 11 heteroatoms. The largest absolute Gasteiger partial charge is 0.471 e. The van der Waals surface area contributed by atoms with Crippen LogP contribution >= 0.6 is 0 Å². The zero-order valence-electron chi connectivity index (χ0n) is 15.4. The molecule has 0 saturated carbocycles. The van der Waals surface area contributed by atoms with E-state index in [2.05, 4.69) is 24.6 Å². The molecule has 0 aliphatic carbocycles. The number of likely N-dealkylation sites (tertiary alicyclic amines) is 1. The fourth-order valence-corrected chi connectivity index (χ4v) is 3.31. The van der Waals surface area contributed by atoms with Crippen molar-refractivity contribution in [2.24, 2.45) is 0 Å². The molecule has 1 fully saturated rings. The first-order valence-electron chi connectivity index (χ1n) is 9.09. The Kier molecular flexibility index (Phi) is 5.18. The maximum Gasteiger partial charge on any atom is 0.471 e. The van der Waals surface area contributed by atoms with Gasteiger partial charge in [-0.25, -0.2) is 9.37 Å². The number of alkyl halides is 3. The van der Waals surface area contributed by atoms with Gasteiger partial charge in [0.25, 0.3) is 5.91 Å². The monoisotopic (exact) mass is 421 g/mol. The van der Waals surface area contributed by atoms with E-state index in [0.29, 0.717) is 30.8 Å². The van der Waals surface area contributed by atoms with Gasteiger partial charge in [-0.05, 0) is 37.1 Å². The average Bonchev–Trinajstić information content (AvgIpc) is 3.25. The van der Waals surface area contributed by atoms with Gasteiger partial charge in [-0.15, -0.1) is 0 Å². The minimum atomic E-state index is -4.75. The Morgan fingerprint density at radius 3 is 2.60 bits per heavy atom. The van der Waals surface area contributed by atoms with Crippen molar-refractivity contribution in [2.45, 2.75) is 24.9 Å². The molecule has 3 heterocycles. The molecule has 1 aliphatic rings. The van der Waals surface area contributed by atoms with E-state index >= 15 is 0 Å². The standard InChI is InChI=1S/C19H15F4N5O2/c20-13-5-3-11(4-6-13)17(29)28-7-1-2-12(10-28)14-8-24-9-15(25-14)16-26-18(30-27-16)19(21,22)23/h3-6,8-9,12H,1-2,7,10H2/t12-/m0/s1. The third-order valence-corrected chi connectivity index (χ3v) is 4.77. The average molecular weight is 421 g/mol. The lowest BCUT2D eigenvalue weighted by atomic mass is 9.94. The first-order valence-corrected chi connectivity index (χ1v) is 9.09. The maximum absolute atomic E-state index is 13.1. The molecule has 1 aromatic carbocycles. The topological polar surface area (TPSA) is 85.0 Å². The normalized spacial score (nSPS) is 17.2. The van der Waals surface area contributed by atoms with Crippen molar-refractivity contribution in [2.75, 3.05) is 13.1 Å². The van der Waals surface area contributed by atoms with Crippen molar-refractivity contribution in [3.63, 3.8) is 0 Å². The van der Waals surface area contributed by atoms with Gasteiger partial charge >= 0.3 is 12.1 Å². The van der Waals surface area contributed by atoms with Crippen LogP contribution in [0.3, 0.4) is 0 Å². The maximum atomic E-state index is 13.1. The number of amides is 1. The molecule has 7 nitrogen and oxygen atoms in total. The third kappa shape index (κ3) is 4.14. The molecule has 0 unspecified atom stereocenters. The molecule has 0 N–H and O–H groups in total. The quantitative estimate of drug-likeness (QED) is 0.600. The second kappa shape index (κ2) is 7.81. The van der Waals surface area contributed by atoms with Crippen molar-refractivity contribution in [3.8, 4) is 11.5 Å². The molecule has 156 valence electrons. The molecule has 4 rings (SSSR count). The summed E-state index contributed by atoms with van der Waals surface area (Å²) >= 11 is 0. The molecule has 0 radical (unpaired) electrons. The van der Waals surface area contributed by atoms with Crippen molar-refractivity contribution < 1.29 is 26.9 Å². The second-order valence-electron chi connectivity index (χ2n) is 6.85. The minimum Gasteiger partial charge on any atom is -0.338 e. The van der Waals surface area contributed by atoms with Crippen LogP contribution in [0.2, 0.25) is 0 Å². The fourth-order valence-electron chi connectivity index (χ4n) is 3.31. The lowest BCUT2D eigenvalue weighted by molar-refractivity contribution is -0.159. The Morgan fingerprint density at radius 1 is 1.13 bits per heavy atom. The highest BCUT2D eigenvalue weighted by atomic mass is 19.4. The van der Waals surface area contributed by atoms with Gasteiger partial charge in [-0.1, -0.05) is 5.16 Å². The van der Waals surface area contributed by atoms with Crippen LogP contribution in [0.25, 0.3) is 11.5 Å². The van der Waals surface area contributed by atoms with E-state index in [0.717, 1.165) is 6.42 Å². The molecule has 1 aliphatic heterocycles. The highest BCUT2D eigenvalue weighted by molar-refractivity contribution is 5.94. The number of benzene rings is 1. The van der Waals surface area contributed by atoms with Crippen LogP contribution in [-0.2, 0) is 6.18 Å². The van der Waals surface area contributed by atoms with E-state index < -0.39 is 17.9 Å². The predicted molar refractivity (Wildman–Crippen MR) is 94.6 cm³/mol. The number of rotatable bonds is 3. The van der Waals surface area contributed by atoms with E-state index in [1.54, 1.807) is 4.90 Å². The van der Waals surface area contributed by atoms with Crippen LogP contribution < -0.4 is 0 Å². The smallest absolute Gasteiger partial charge is 0.338 e. The predicted octanol–water partition coefficient (Wildman–Crippen LogP) is 3.70. The summed E-state index contributed by atoms with van der Waals surface area (Å²) in [5.41, 5.74) is 0.944. The molecular weight excluding hydrogens is 406 g/mol. The first kappa shape index (κ1) is 19.9. The Balaban J connectivity index is 1.53. The van der Waals surface area contributed by atoms with Gasteiger partial charge in [0.1, 0.15) is 11.5 Å². The summed E-state index contributed by atoms with van der Waals surface area (Å²) < 4.78 is 55.4. The fraction of sp³-hybridized carbons (Fsp3) is 0.316. The molecule has 2 aromatic heterocycles. The Labute approximate surface area is 167 Å². The lowest BCUT2D eigenvalue weighted by Gasteiger charge is -2.32. The van der Waals surface area contributed by atoms with E-state index in [9.17, 15) is 22.4 Å². The zero-order valence-corrected chi connectivity index (χ0v) is 15.4. The summed E-state index contributed by atoms with van der Waals surface area (Å²) in [6, 6.07) is 5.31. The van der Waals surface area contributed by atoms with Gasteiger partial charge in [0.15, 0.2) is 0 Å². The third-order valence-electron chi connectivity index (χ3n) is 4.77. The van der Waals surface area contributed by atoms with Gasteiger partial charge < -0.3 is 9.42 Å². The number of nitrogens with zero attached hydrogens (tertiary/aromatic N) is 5. The number of hydrogen-bond donors (Lipinski definition) is 0. The summed E-state index contributed by atoms with van der Waals surface area (Å²) in [6.07, 6.45) is -0.556. The summed E-state index contributed by atoms with van der Waals surface area (Å²) in [5.74, 6) is -2.59. The zero-order chi connectivity index (χ0) is 21.3. The van der Waals surface area contributed by atoms with Crippen molar-refractivity contribution in [1.82, 2.24) is 25.0 Å². The molecule has 30 heavy (non-hydrogen) atoms. The van der Waals surface area contributed by atoms with E-state index in [4.69, 9.17) is 0 Å². The first-order chi connectivity index (χ1) is 14.3. The Bertz CT molecular complexity index is 1050. The SMILES string of the molecule is O=C(c1ccc(F)cc1)N1CCC[C@H](c2cncc(-c3noc(C(F)(F)F)n3)n2)C1. The number of carbonyl (C=O) groups is 1. The Hall–Kier alpha value is -3.37. The van der Waals surface area contributed by atoms with Crippen LogP contribution in [0.4, 0.5) is 17.6 Å². The number of aromatic nitrogens is 4. The lowest BCUT2D eigenvalue weighted by Crippen LogP contribution is -2.39.